The van der Waals surface area contributed by atoms with Crippen LogP contribution in [0, 0.1) is 0 Å². The quantitative estimate of drug-likeness (QED) is 0.793. The number of piperidine rings is 1. The molecule has 2 aliphatic rings. The predicted molar refractivity (Wildman–Crippen MR) is 74.2 cm³/mol. The van der Waals surface area contributed by atoms with Crippen molar-refractivity contribution in [2.24, 2.45) is 0 Å². The van der Waals surface area contributed by atoms with Crippen molar-refractivity contribution in [1.29, 1.82) is 0 Å². The van der Waals surface area contributed by atoms with Crippen LogP contribution in [-0.4, -0.2) is 28.5 Å². The van der Waals surface area contributed by atoms with Gasteiger partial charge in [0.05, 0.1) is 0 Å². The Morgan fingerprint density at radius 1 is 1.21 bits per heavy atom. The number of carbonyl (C=O) groups excluding carboxylic acids is 1. The van der Waals surface area contributed by atoms with Gasteiger partial charge in [-0.25, -0.2) is 4.79 Å². The minimum atomic E-state index is -0.666. The molecule has 3 rings (SSSR count). The lowest BCUT2D eigenvalue weighted by molar-refractivity contribution is 0.0240. The Morgan fingerprint density at radius 2 is 1.84 bits per heavy atom. The largest absolute Gasteiger partial charge is 0.450 e. The third-order valence-electron chi connectivity index (χ3n) is 4.31. The standard InChI is InChI=1S/C15H18ClNO2/c16-15(18)19-14-8-12-6-7-13(9-14)17(12)10-11-4-2-1-3-5-11/h1-5,12-14H,6-10H2/t12-,13+,14?. The molecule has 0 aliphatic carbocycles. The molecule has 3 nitrogen and oxygen atoms in total. The Morgan fingerprint density at radius 3 is 2.42 bits per heavy atom. The van der Waals surface area contributed by atoms with Crippen molar-refractivity contribution in [1.82, 2.24) is 4.90 Å². The number of benzene rings is 1. The highest BCUT2D eigenvalue weighted by Crippen LogP contribution is 2.38. The Hall–Kier alpha value is -1.06. The van der Waals surface area contributed by atoms with Crippen LogP contribution in [0.3, 0.4) is 0 Å². The van der Waals surface area contributed by atoms with Gasteiger partial charge in [0.25, 0.3) is 0 Å². The molecule has 0 radical (unpaired) electrons. The predicted octanol–water partition coefficient (Wildman–Crippen LogP) is 3.56. The van der Waals surface area contributed by atoms with Crippen LogP contribution < -0.4 is 0 Å². The molecule has 2 saturated heterocycles. The van der Waals surface area contributed by atoms with Gasteiger partial charge in [-0.3, -0.25) is 4.90 Å². The van der Waals surface area contributed by atoms with Gasteiger partial charge in [-0.1, -0.05) is 30.3 Å². The lowest BCUT2D eigenvalue weighted by Gasteiger charge is -2.38. The Kier molecular flexibility index (Phi) is 3.76. The van der Waals surface area contributed by atoms with E-state index in [4.69, 9.17) is 16.3 Å². The van der Waals surface area contributed by atoms with Crippen molar-refractivity contribution in [3.8, 4) is 0 Å². The molecule has 0 amide bonds. The van der Waals surface area contributed by atoms with E-state index in [9.17, 15) is 4.79 Å². The van der Waals surface area contributed by atoms with Crippen molar-refractivity contribution in [2.75, 3.05) is 0 Å². The first-order valence-corrected chi connectivity index (χ1v) is 7.26. The van der Waals surface area contributed by atoms with Gasteiger partial charge in [-0.05, 0) is 18.4 Å². The third-order valence-corrected chi connectivity index (χ3v) is 4.40. The summed E-state index contributed by atoms with van der Waals surface area (Å²) >= 11 is 5.32. The van der Waals surface area contributed by atoms with Crippen molar-refractivity contribution >= 4 is 17.0 Å². The van der Waals surface area contributed by atoms with Crippen molar-refractivity contribution in [2.45, 2.75) is 50.4 Å². The highest BCUT2D eigenvalue weighted by Gasteiger charge is 2.41. The summed E-state index contributed by atoms with van der Waals surface area (Å²) in [6.07, 6.45) is 4.25. The van der Waals surface area contributed by atoms with E-state index in [2.05, 4.69) is 29.2 Å². The molecule has 2 aliphatic heterocycles. The van der Waals surface area contributed by atoms with Gasteiger partial charge in [0.15, 0.2) is 0 Å². The number of hydrogen-bond acceptors (Lipinski definition) is 3. The zero-order valence-electron chi connectivity index (χ0n) is 10.8. The number of rotatable bonds is 3. The van der Waals surface area contributed by atoms with Gasteiger partial charge in [0.1, 0.15) is 6.10 Å². The molecule has 102 valence electrons. The zero-order valence-corrected chi connectivity index (χ0v) is 11.6. The maximum atomic E-state index is 10.8. The molecular weight excluding hydrogens is 262 g/mol. The molecule has 1 unspecified atom stereocenters. The first kappa shape index (κ1) is 12.9. The van der Waals surface area contributed by atoms with Gasteiger partial charge < -0.3 is 4.74 Å². The van der Waals surface area contributed by atoms with Gasteiger partial charge in [0.2, 0.25) is 0 Å². The van der Waals surface area contributed by atoms with Gasteiger partial charge in [-0.2, -0.15) is 0 Å². The van der Waals surface area contributed by atoms with E-state index in [0.717, 1.165) is 19.4 Å². The number of ether oxygens (including phenoxy) is 1. The summed E-state index contributed by atoms with van der Waals surface area (Å²) in [7, 11) is 0. The number of halogens is 1. The smallest absolute Gasteiger partial charge is 0.404 e. The summed E-state index contributed by atoms with van der Waals surface area (Å²) in [5.74, 6) is 0. The van der Waals surface area contributed by atoms with Crippen LogP contribution in [0.4, 0.5) is 4.79 Å². The van der Waals surface area contributed by atoms with E-state index < -0.39 is 5.43 Å². The molecule has 2 heterocycles. The van der Waals surface area contributed by atoms with Gasteiger partial charge >= 0.3 is 5.43 Å². The maximum Gasteiger partial charge on any atom is 0.404 e. The van der Waals surface area contributed by atoms with E-state index in [1.54, 1.807) is 0 Å². The summed E-state index contributed by atoms with van der Waals surface area (Å²) in [4.78, 5) is 13.4. The lowest BCUT2D eigenvalue weighted by Crippen LogP contribution is -2.45. The fourth-order valence-corrected chi connectivity index (χ4v) is 3.63. The van der Waals surface area contributed by atoms with Gasteiger partial charge in [-0.15, -0.1) is 0 Å². The number of nitrogens with zero attached hydrogens (tertiary/aromatic N) is 1. The summed E-state index contributed by atoms with van der Waals surface area (Å²) in [5.41, 5.74) is 0.688. The molecule has 2 bridgehead atoms. The Labute approximate surface area is 118 Å². The van der Waals surface area contributed by atoms with E-state index in [1.165, 1.54) is 18.4 Å². The van der Waals surface area contributed by atoms with Crippen molar-refractivity contribution in [3.05, 3.63) is 35.9 Å². The highest BCUT2D eigenvalue weighted by atomic mass is 35.5. The second-order valence-corrected chi connectivity index (χ2v) is 5.80. The molecule has 1 aromatic rings. The first-order chi connectivity index (χ1) is 9.22. The van der Waals surface area contributed by atoms with Crippen LogP contribution in [-0.2, 0) is 11.3 Å². The fourth-order valence-electron chi connectivity index (χ4n) is 3.50. The average molecular weight is 280 g/mol. The van der Waals surface area contributed by atoms with Crippen molar-refractivity contribution < 1.29 is 9.53 Å². The minimum Gasteiger partial charge on any atom is -0.450 e. The Bertz CT molecular complexity index is 437. The summed E-state index contributed by atoms with van der Waals surface area (Å²) in [6.45, 7) is 0.998. The first-order valence-electron chi connectivity index (χ1n) is 6.88. The summed E-state index contributed by atoms with van der Waals surface area (Å²) in [5, 5.41) is 0. The van der Waals surface area contributed by atoms with E-state index in [1.807, 2.05) is 6.07 Å². The average Bonchev–Trinajstić information content (AvgIpc) is 2.62. The molecule has 0 spiro atoms. The zero-order chi connectivity index (χ0) is 13.2. The summed E-state index contributed by atoms with van der Waals surface area (Å²) in [6, 6.07) is 11.6. The number of carbonyl (C=O) groups is 1. The highest BCUT2D eigenvalue weighted by molar-refractivity contribution is 6.61. The molecule has 0 aromatic heterocycles. The van der Waals surface area contributed by atoms with E-state index >= 15 is 0 Å². The van der Waals surface area contributed by atoms with Crippen LogP contribution in [0.5, 0.6) is 0 Å². The maximum absolute atomic E-state index is 10.8. The van der Waals surface area contributed by atoms with Gasteiger partial charge in [0, 0.05) is 43.1 Å². The van der Waals surface area contributed by atoms with Crippen LogP contribution >= 0.6 is 11.6 Å². The molecule has 3 atom stereocenters. The number of fused-ring (bicyclic) bond motifs is 2. The third kappa shape index (κ3) is 2.93. The SMILES string of the molecule is O=C(Cl)OC1C[C@H]2CC[C@@H](C1)N2Cc1ccccc1. The second-order valence-electron chi connectivity index (χ2n) is 5.49. The topological polar surface area (TPSA) is 29.5 Å². The molecule has 2 fully saturated rings. The fraction of sp³-hybridized carbons (Fsp3) is 0.533. The molecule has 0 saturated carbocycles. The lowest BCUT2D eigenvalue weighted by atomic mass is 9.99. The second kappa shape index (κ2) is 5.51. The van der Waals surface area contributed by atoms with Crippen LogP contribution in [0.2, 0.25) is 0 Å². The molecule has 1 aromatic carbocycles. The normalized spacial score (nSPS) is 30.3. The van der Waals surface area contributed by atoms with Crippen LogP contribution in [0.1, 0.15) is 31.2 Å². The summed E-state index contributed by atoms with van der Waals surface area (Å²) < 4.78 is 5.17. The molecule has 4 heteroatoms. The van der Waals surface area contributed by atoms with Crippen LogP contribution in [0.15, 0.2) is 30.3 Å². The molecule has 19 heavy (non-hydrogen) atoms. The van der Waals surface area contributed by atoms with E-state index in [-0.39, 0.29) is 6.10 Å². The monoisotopic (exact) mass is 279 g/mol. The molecule has 0 N–H and O–H groups in total. The Balaban J connectivity index is 1.65. The van der Waals surface area contributed by atoms with E-state index in [0.29, 0.717) is 12.1 Å². The van der Waals surface area contributed by atoms with Crippen molar-refractivity contribution in [3.63, 3.8) is 0 Å². The van der Waals surface area contributed by atoms with Crippen LogP contribution in [0.25, 0.3) is 0 Å². The minimum absolute atomic E-state index is 0.00882. The number of hydrogen-bond donors (Lipinski definition) is 0. The molecular formula is C15H18ClNO2.